The van der Waals surface area contributed by atoms with Crippen LogP contribution in [0.4, 0.5) is 5.69 Å². The van der Waals surface area contributed by atoms with Gasteiger partial charge in [0.15, 0.2) is 5.11 Å². The van der Waals surface area contributed by atoms with Crippen LogP contribution in [0.5, 0.6) is 5.75 Å². The summed E-state index contributed by atoms with van der Waals surface area (Å²) in [6.45, 7) is 6.19. The smallest absolute Gasteiger partial charge is 0.257 e. The zero-order chi connectivity index (χ0) is 22.6. The molecule has 1 aromatic heterocycles. The van der Waals surface area contributed by atoms with Crippen LogP contribution in [0.1, 0.15) is 42.5 Å². The molecule has 1 amide bonds. The van der Waals surface area contributed by atoms with E-state index < -0.39 is 0 Å². The summed E-state index contributed by atoms with van der Waals surface area (Å²) in [4.78, 5) is 12.6. The quantitative estimate of drug-likeness (QED) is 0.493. The predicted octanol–water partition coefficient (Wildman–Crippen LogP) is 4.87. The Morgan fingerprint density at radius 1 is 1.10 bits per heavy atom. The summed E-state index contributed by atoms with van der Waals surface area (Å²) in [5.74, 6) is 1.33. The highest BCUT2D eigenvalue weighted by Gasteiger charge is 2.16. The highest BCUT2D eigenvalue weighted by atomic mass is 32.1. The number of aliphatic hydroxyl groups is 1. The number of carbonyl (C=O) groups excluding carboxylic acids is 1. The number of hydrogen-bond acceptors (Lipinski definition) is 5. The molecule has 0 bridgehead atoms. The lowest BCUT2D eigenvalue weighted by Crippen LogP contribution is -2.34. The van der Waals surface area contributed by atoms with Crippen LogP contribution in [0.2, 0.25) is 0 Å². The third-order valence-electron chi connectivity index (χ3n) is 4.79. The molecule has 7 heteroatoms. The maximum Gasteiger partial charge on any atom is 0.257 e. The molecule has 2 aromatic carbocycles. The molecule has 3 N–H and O–H groups in total. The Bertz CT molecular complexity index is 1080. The minimum absolute atomic E-state index is 0.0133. The van der Waals surface area contributed by atoms with Crippen LogP contribution in [-0.2, 0) is 12.0 Å². The first-order valence-electron chi connectivity index (χ1n) is 9.82. The lowest BCUT2D eigenvalue weighted by molar-refractivity contribution is 0.0977. The first kappa shape index (κ1) is 22.5. The molecule has 0 saturated heterocycles. The van der Waals surface area contributed by atoms with E-state index in [9.17, 15) is 9.90 Å². The molecule has 0 aliphatic heterocycles. The summed E-state index contributed by atoms with van der Waals surface area (Å²) in [6, 6.07) is 16.4. The van der Waals surface area contributed by atoms with Gasteiger partial charge in [0.05, 0.1) is 12.8 Å². The van der Waals surface area contributed by atoms with Gasteiger partial charge in [-0.2, -0.15) is 0 Å². The van der Waals surface area contributed by atoms with Gasteiger partial charge in [-0.1, -0.05) is 32.9 Å². The molecule has 0 radical (unpaired) electrons. The van der Waals surface area contributed by atoms with Crippen molar-refractivity contribution in [2.24, 2.45) is 0 Å². The minimum atomic E-state index is -0.299. The van der Waals surface area contributed by atoms with Crippen LogP contribution < -0.4 is 15.4 Å². The van der Waals surface area contributed by atoms with Gasteiger partial charge in [0.2, 0.25) is 0 Å². The highest BCUT2D eigenvalue weighted by molar-refractivity contribution is 7.80. The molecule has 31 heavy (non-hydrogen) atoms. The number of anilines is 1. The Kier molecular flexibility index (Phi) is 6.77. The van der Waals surface area contributed by atoms with Crippen molar-refractivity contribution < 1.29 is 19.1 Å². The number of nitrogens with one attached hydrogen (secondary N) is 2. The van der Waals surface area contributed by atoms with Gasteiger partial charge in [0, 0.05) is 11.1 Å². The monoisotopic (exact) mass is 438 g/mol. The van der Waals surface area contributed by atoms with Gasteiger partial charge in [-0.3, -0.25) is 10.1 Å². The third kappa shape index (κ3) is 5.51. The molecule has 0 aliphatic rings. The van der Waals surface area contributed by atoms with Crippen LogP contribution in [0.15, 0.2) is 59.0 Å². The van der Waals surface area contributed by atoms with Crippen molar-refractivity contribution in [1.29, 1.82) is 0 Å². The van der Waals surface area contributed by atoms with Crippen molar-refractivity contribution in [3.63, 3.8) is 0 Å². The molecule has 0 aliphatic carbocycles. The van der Waals surface area contributed by atoms with Crippen molar-refractivity contribution in [2.45, 2.75) is 32.8 Å². The minimum Gasteiger partial charge on any atom is -0.495 e. The Morgan fingerprint density at radius 2 is 1.81 bits per heavy atom. The first-order valence-corrected chi connectivity index (χ1v) is 10.2. The molecule has 1 heterocycles. The van der Waals surface area contributed by atoms with E-state index in [1.807, 2.05) is 18.2 Å². The van der Waals surface area contributed by atoms with Crippen molar-refractivity contribution in [1.82, 2.24) is 5.32 Å². The summed E-state index contributed by atoms with van der Waals surface area (Å²) in [6.07, 6.45) is 0. The zero-order valence-electron chi connectivity index (χ0n) is 18.0. The fourth-order valence-corrected chi connectivity index (χ4v) is 3.23. The third-order valence-corrected chi connectivity index (χ3v) is 4.99. The second-order valence-electron chi connectivity index (χ2n) is 8.07. The van der Waals surface area contributed by atoms with Gasteiger partial charge in [-0.15, -0.1) is 0 Å². The van der Waals surface area contributed by atoms with Gasteiger partial charge in [0.1, 0.15) is 23.9 Å². The van der Waals surface area contributed by atoms with Crippen molar-refractivity contribution in [3.05, 3.63) is 71.5 Å². The van der Waals surface area contributed by atoms with Crippen molar-refractivity contribution in [3.8, 4) is 17.1 Å². The molecule has 0 spiro atoms. The lowest BCUT2D eigenvalue weighted by Gasteiger charge is -2.19. The van der Waals surface area contributed by atoms with Crippen molar-refractivity contribution in [2.75, 3.05) is 12.4 Å². The van der Waals surface area contributed by atoms with Gasteiger partial charge < -0.3 is 19.6 Å². The molecule has 0 atom stereocenters. The average molecular weight is 439 g/mol. The standard InChI is InChI=1S/C24H26N2O4S/c1-24(2,3)17-8-5-15(6-9-17)22(28)26-23(31)25-19-13-16(7-11-21(19)29-4)20-12-10-18(14-27)30-20/h5-13,27H,14H2,1-4H3,(H2,25,26,28,31). The van der Waals surface area contributed by atoms with Crippen LogP contribution in [0.3, 0.4) is 0 Å². The van der Waals surface area contributed by atoms with E-state index in [0.717, 1.165) is 11.1 Å². The Morgan fingerprint density at radius 3 is 2.39 bits per heavy atom. The number of thiocarbonyl (C=S) groups is 1. The second-order valence-corrected chi connectivity index (χ2v) is 8.48. The molecule has 3 aromatic rings. The maximum absolute atomic E-state index is 12.6. The normalized spacial score (nSPS) is 11.1. The number of ether oxygens (including phenoxy) is 1. The number of hydrogen-bond donors (Lipinski definition) is 3. The number of aliphatic hydroxyl groups excluding tert-OH is 1. The van der Waals surface area contributed by atoms with E-state index in [-0.39, 0.29) is 23.0 Å². The summed E-state index contributed by atoms with van der Waals surface area (Å²) >= 11 is 5.33. The molecule has 0 unspecified atom stereocenters. The Balaban J connectivity index is 1.73. The van der Waals surface area contributed by atoms with Crippen LogP contribution in [0.25, 0.3) is 11.3 Å². The summed E-state index contributed by atoms with van der Waals surface area (Å²) in [7, 11) is 1.55. The Hall–Kier alpha value is -3.16. The van der Waals surface area contributed by atoms with E-state index >= 15 is 0 Å². The molecular formula is C24H26N2O4S. The largest absolute Gasteiger partial charge is 0.495 e. The fraction of sp³-hybridized carbons (Fsp3) is 0.250. The number of carbonyl (C=O) groups is 1. The fourth-order valence-electron chi connectivity index (χ4n) is 3.03. The topological polar surface area (TPSA) is 83.7 Å². The van der Waals surface area contributed by atoms with Crippen LogP contribution >= 0.6 is 12.2 Å². The zero-order valence-corrected chi connectivity index (χ0v) is 18.8. The summed E-state index contributed by atoms with van der Waals surface area (Å²) < 4.78 is 11.0. The predicted molar refractivity (Wildman–Crippen MR) is 125 cm³/mol. The molecule has 0 saturated carbocycles. The van der Waals surface area contributed by atoms with E-state index in [2.05, 4.69) is 31.4 Å². The molecule has 6 nitrogen and oxygen atoms in total. The number of benzene rings is 2. The Labute approximate surface area is 187 Å². The van der Waals surface area contributed by atoms with Gasteiger partial charge >= 0.3 is 0 Å². The summed E-state index contributed by atoms with van der Waals surface area (Å²) in [5.41, 5.74) is 3.03. The maximum atomic E-state index is 12.6. The first-order chi connectivity index (χ1) is 14.7. The van der Waals surface area contributed by atoms with Crippen molar-refractivity contribution >= 4 is 28.9 Å². The van der Waals surface area contributed by atoms with E-state index in [1.54, 1.807) is 43.5 Å². The molecular weight excluding hydrogens is 412 g/mol. The van der Waals surface area contributed by atoms with Crippen LogP contribution in [0, 0.1) is 0 Å². The number of methoxy groups -OCH3 is 1. The van der Waals surface area contributed by atoms with E-state index in [1.165, 1.54) is 0 Å². The van der Waals surface area contributed by atoms with E-state index in [0.29, 0.717) is 28.5 Å². The van der Waals surface area contributed by atoms with Gasteiger partial charge in [-0.25, -0.2) is 0 Å². The molecule has 3 rings (SSSR count). The highest BCUT2D eigenvalue weighted by Crippen LogP contribution is 2.31. The number of amides is 1. The van der Waals surface area contributed by atoms with E-state index in [4.69, 9.17) is 21.4 Å². The molecule has 0 fully saturated rings. The second kappa shape index (κ2) is 9.32. The number of furan rings is 1. The lowest BCUT2D eigenvalue weighted by atomic mass is 9.87. The van der Waals surface area contributed by atoms with Gasteiger partial charge in [0.25, 0.3) is 5.91 Å². The summed E-state index contributed by atoms with van der Waals surface area (Å²) in [5, 5.41) is 15.1. The van der Waals surface area contributed by atoms with Gasteiger partial charge in [-0.05, 0) is 65.7 Å². The SMILES string of the molecule is COc1ccc(-c2ccc(CO)o2)cc1NC(=S)NC(=O)c1ccc(C(C)(C)C)cc1. The number of rotatable bonds is 5. The average Bonchev–Trinajstić information content (AvgIpc) is 3.22. The molecule has 162 valence electrons. The van der Waals surface area contributed by atoms with Crippen LogP contribution in [-0.4, -0.2) is 23.2 Å².